The van der Waals surface area contributed by atoms with E-state index in [-0.39, 0.29) is 28.4 Å². The van der Waals surface area contributed by atoms with Crippen LogP contribution in [0.15, 0.2) is 39.0 Å². The maximum atomic E-state index is 10.3. The van der Waals surface area contributed by atoms with E-state index in [0.717, 1.165) is 16.5 Å². The Labute approximate surface area is 165 Å². The Bertz CT molecular complexity index is 1230. The van der Waals surface area contributed by atoms with Gasteiger partial charge in [-0.1, -0.05) is 11.3 Å². The number of phenolic OH excluding ortho intramolecular Hbond substituents is 2. The van der Waals surface area contributed by atoms with Crippen molar-refractivity contribution < 1.29 is 10.2 Å². The standard InChI is InChI=1S/C15H11N9O2S2/c1-6-12(25)8(19-21-14-11-10(24-28-14)4-16-5-17-11)3-9(13(6)26)20-23-15-22-18-7(2)27-15/h3-5,25-26H,1-2H3/b21-19+,23-20+. The van der Waals surface area contributed by atoms with Gasteiger partial charge < -0.3 is 10.2 Å². The molecule has 0 unspecified atom stereocenters. The third-order valence-electron chi connectivity index (χ3n) is 3.60. The maximum Gasteiger partial charge on any atom is 0.251 e. The van der Waals surface area contributed by atoms with Gasteiger partial charge >= 0.3 is 0 Å². The monoisotopic (exact) mass is 413 g/mol. The van der Waals surface area contributed by atoms with Gasteiger partial charge in [0.05, 0.1) is 6.20 Å². The van der Waals surface area contributed by atoms with E-state index in [1.54, 1.807) is 13.1 Å². The summed E-state index contributed by atoms with van der Waals surface area (Å²) < 4.78 is 4.18. The van der Waals surface area contributed by atoms with Crippen LogP contribution in [0.2, 0.25) is 0 Å². The molecule has 140 valence electrons. The summed E-state index contributed by atoms with van der Waals surface area (Å²) in [5, 5.41) is 45.9. The van der Waals surface area contributed by atoms with Crippen molar-refractivity contribution in [1.82, 2.24) is 24.5 Å². The first-order valence-electron chi connectivity index (χ1n) is 7.77. The number of hydrogen-bond acceptors (Lipinski definition) is 13. The lowest BCUT2D eigenvalue weighted by atomic mass is 10.1. The van der Waals surface area contributed by atoms with Crippen LogP contribution in [0.1, 0.15) is 10.6 Å². The molecule has 2 N–H and O–H groups in total. The van der Waals surface area contributed by atoms with E-state index in [0.29, 0.717) is 21.2 Å². The maximum absolute atomic E-state index is 10.3. The van der Waals surface area contributed by atoms with Crippen molar-refractivity contribution in [2.24, 2.45) is 20.5 Å². The highest BCUT2D eigenvalue weighted by Gasteiger charge is 2.15. The lowest BCUT2D eigenvalue weighted by Crippen LogP contribution is -1.79. The number of aromatic hydroxyl groups is 2. The fourth-order valence-electron chi connectivity index (χ4n) is 2.19. The molecule has 3 heterocycles. The first kappa shape index (κ1) is 17.9. The first-order valence-corrected chi connectivity index (χ1v) is 9.36. The molecule has 0 atom stereocenters. The van der Waals surface area contributed by atoms with Crippen LogP contribution in [0, 0.1) is 13.8 Å². The summed E-state index contributed by atoms with van der Waals surface area (Å²) in [4.78, 5) is 8.03. The van der Waals surface area contributed by atoms with E-state index in [2.05, 4.69) is 45.0 Å². The predicted octanol–water partition coefficient (Wildman–Crippen LogP) is 4.80. The van der Waals surface area contributed by atoms with Crippen LogP contribution in [-0.2, 0) is 0 Å². The summed E-state index contributed by atoms with van der Waals surface area (Å²) in [7, 11) is 0. The summed E-state index contributed by atoms with van der Waals surface area (Å²) in [6, 6.07) is 1.37. The molecule has 4 rings (SSSR count). The SMILES string of the molecule is Cc1nnc(/N=N/c2cc(/N=N/c3snc4cncnc34)c(O)c(C)c2O)s1. The Morgan fingerprint density at radius 3 is 2.43 bits per heavy atom. The molecule has 0 spiro atoms. The fraction of sp³-hybridized carbons (Fsp3) is 0.133. The first-order chi connectivity index (χ1) is 13.5. The van der Waals surface area contributed by atoms with Gasteiger partial charge in [-0.3, -0.25) is 0 Å². The molecule has 4 aromatic rings. The Balaban J connectivity index is 1.70. The molecule has 0 bridgehead atoms. The highest BCUT2D eigenvalue weighted by molar-refractivity contribution is 7.14. The van der Waals surface area contributed by atoms with E-state index in [1.807, 2.05) is 0 Å². The van der Waals surface area contributed by atoms with Crippen molar-refractivity contribution in [2.75, 3.05) is 0 Å². The minimum Gasteiger partial charge on any atom is -0.505 e. The lowest BCUT2D eigenvalue weighted by molar-refractivity contribution is 0.445. The largest absolute Gasteiger partial charge is 0.505 e. The van der Waals surface area contributed by atoms with Gasteiger partial charge in [0.15, 0.2) is 5.00 Å². The Kier molecular flexibility index (Phi) is 4.67. The smallest absolute Gasteiger partial charge is 0.251 e. The van der Waals surface area contributed by atoms with Crippen molar-refractivity contribution in [2.45, 2.75) is 13.8 Å². The summed E-state index contributed by atoms with van der Waals surface area (Å²) in [6.45, 7) is 3.33. The van der Waals surface area contributed by atoms with Gasteiger partial charge in [0.25, 0.3) is 5.13 Å². The second-order valence-corrected chi connectivity index (χ2v) is 7.40. The third kappa shape index (κ3) is 3.39. The molecular weight excluding hydrogens is 402 g/mol. The van der Waals surface area contributed by atoms with E-state index >= 15 is 0 Å². The van der Waals surface area contributed by atoms with Gasteiger partial charge in [0.1, 0.15) is 45.2 Å². The van der Waals surface area contributed by atoms with Crippen molar-refractivity contribution in [3.05, 3.63) is 29.2 Å². The minimum absolute atomic E-state index is 0.119. The number of azo groups is 2. The van der Waals surface area contributed by atoms with Gasteiger partial charge in [-0.05, 0) is 25.4 Å². The van der Waals surface area contributed by atoms with Crippen molar-refractivity contribution in [3.63, 3.8) is 0 Å². The molecule has 0 aliphatic carbocycles. The topological polar surface area (TPSA) is 154 Å². The van der Waals surface area contributed by atoms with Crippen molar-refractivity contribution in [3.8, 4) is 11.5 Å². The molecule has 0 saturated heterocycles. The molecule has 0 fully saturated rings. The van der Waals surface area contributed by atoms with E-state index in [9.17, 15) is 10.2 Å². The summed E-state index contributed by atoms with van der Waals surface area (Å²) >= 11 is 2.37. The number of nitrogens with zero attached hydrogens (tertiary/aromatic N) is 9. The number of aromatic nitrogens is 5. The number of hydrogen-bond donors (Lipinski definition) is 2. The van der Waals surface area contributed by atoms with E-state index in [1.165, 1.54) is 30.7 Å². The van der Waals surface area contributed by atoms with Gasteiger partial charge in [0.2, 0.25) is 0 Å². The van der Waals surface area contributed by atoms with Crippen LogP contribution >= 0.6 is 22.9 Å². The summed E-state index contributed by atoms with van der Waals surface area (Å²) in [5.74, 6) is -0.423. The van der Waals surface area contributed by atoms with Crippen LogP contribution in [0.25, 0.3) is 11.0 Å². The highest BCUT2D eigenvalue weighted by atomic mass is 32.1. The Morgan fingerprint density at radius 1 is 0.964 bits per heavy atom. The lowest BCUT2D eigenvalue weighted by Gasteiger charge is -2.06. The van der Waals surface area contributed by atoms with Gasteiger partial charge in [-0.2, -0.15) is 4.37 Å². The zero-order valence-corrected chi connectivity index (χ0v) is 16.1. The van der Waals surface area contributed by atoms with Gasteiger partial charge in [0, 0.05) is 11.6 Å². The number of aryl methyl sites for hydroxylation is 1. The van der Waals surface area contributed by atoms with Crippen LogP contribution in [0.4, 0.5) is 21.5 Å². The molecule has 0 aliphatic heterocycles. The normalized spacial score (nSPS) is 11.9. The van der Waals surface area contributed by atoms with E-state index < -0.39 is 0 Å². The number of rotatable bonds is 4. The quantitative estimate of drug-likeness (QED) is 0.455. The minimum atomic E-state index is -0.213. The number of benzene rings is 1. The third-order valence-corrected chi connectivity index (χ3v) is 5.06. The number of phenols is 2. The molecule has 0 amide bonds. The summed E-state index contributed by atoms with van der Waals surface area (Å²) in [6.07, 6.45) is 2.97. The number of fused-ring (bicyclic) bond motifs is 1. The molecule has 13 heteroatoms. The molecule has 28 heavy (non-hydrogen) atoms. The van der Waals surface area contributed by atoms with Crippen LogP contribution in [0.5, 0.6) is 11.5 Å². The second kappa shape index (κ2) is 7.28. The van der Waals surface area contributed by atoms with Gasteiger partial charge in [-0.15, -0.1) is 30.7 Å². The Hall–Kier alpha value is -3.45. The van der Waals surface area contributed by atoms with Gasteiger partial charge in [-0.25, -0.2) is 9.97 Å². The average Bonchev–Trinajstić information content (AvgIpc) is 3.31. The van der Waals surface area contributed by atoms with Crippen LogP contribution < -0.4 is 0 Å². The Morgan fingerprint density at radius 2 is 1.71 bits per heavy atom. The fourth-order valence-corrected chi connectivity index (χ4v) is 3.34. The molecule has 0 radical (unpaired) electrons. The molecule has 0 saturated carbocycles. The highest BCUT2D eigenvalue weighted by Crippen LogP contribution is 2.44. The summed E-state index contributed by atoms with van der Waals surface area (Å²) in [5.41, 5.74) is 1.61. The van der Waals surface area contributed by atoms with E-state index in [4.69, 9.17) is 0 Å². The molecule has 1 aromatic carbocycles. The van der Waals surface area contributed by atoms with Crippen LogP contribution in [0.3, 0.4) is 0 Å². The molecule has 3 aromatic heterocycles. The molecule has 0 aliphatic rings. The second-order valence-electron chi connectivity index (χ2n) is 5.49. The zero-order chi connectivity index (χ0) is 19.7. The zero-order valence-electron chi connectivity index (χ0n) is 14.5. The molecule has 11 nitrogen and oxygen atoms in total. The van der Waals surface area contributed by atoms with Crippen LogP contribution in [-0.4, -0.2) is 34.8 Å². The average molecular weight is 413 g/mol. The van der Waals surface area contributed by atoms with Crippen molar-refractivity contribution >= 4 is 55.4 Å². The van der Waals surface area contributed by atoms with Crippen molar-refractivity contribution in [1.29, 1.82) is 0 Å². The molecular formula is C15H11N9O2S2. The predicted molar refractivity (Wildman–Crippen MR) is 103 cm³/mol.